The van der Waals surface area contributed by atoms with Crippen LogP contribution in [0.1, 0.15) is 30.0 Å². The van der Waals surface area contributed by atoms with Gasteiger partial charge in [0.05, 0.1) is 18.1 Å². The van der Waals surface area contributed by atoms with E-state index >= 15 is 0 Å². The van der Waals surface area contributed by atoms with Crippen LogP contribution in [0.15, 0.2) is 48.5 Å². The van der Waals surface area contributed by atoms with Crippen molar-refractivity contribution >= 4 is 11.7 Å². The van der Waals surface area contributed by atoms with Crippen LogP contribution in [-0.2, 0) is 17.8 Å². The zero-order valence-electron chi connectivity index (χ0n) is 13.2. The zero-order valence-corrected chi connectivity index (χ0v) is 13.2. The van der Waals surface area contributed by atoms with Gasteiger partial charge in [-0.1, -0.05) is 31.2 Å². The average Bonchev–Trinajstić information content (AvgIpc) is 2.58. The predicted molar refractivity (Wildman–Crippen MR) is 90.3 cm³/mol. The number of hydrogen-bond donors (Lipinski definition) is 1. The first-order valence-electron chi connectivity index (χ1n) is 7.67. The van der Waals surface area contributed by atoms with Crippen LogP contribution in [0, 0.1) is 11.3 Å². The summed E-state index contributed by atoms with van der Waals surface area (Å²) in [4.78, 5) is 13.0. The summed E-state index contributed by atoms with van der Waals surface area (Å²) in [5.74, 6) is -0.814. The lowest BCUT2D eigenvalue weighted by molar-refractivity contribution is -0.136. The first kappa shape index (κ1) is 16.6. The van der Waals surface area contributed by atoms with Crippen molar-refractivity contribution in [1.29, 1.82) is 5.26 Å². The number of carboxylic acids is 1. The molecule has 4 nitrogen and oxygen atoms in total. The van der Waals surface area contributed by atoms with Gasteiger partial charge in [0.25, 0.3) is 0 Å². The van der Waals surface area contributed by atoms with E-state index < -0.39 is 5.97 Å². The molecule has 0 bridgehead atoms. The number of nitriles is 1. The van der Waals surface area contributed by atoms with Crippen LogP contribution in [0.3, 0.4) is 0 Å². The number of hydrogen-bond acceptors (Lipinski definition) is 3. The first-order valence-corrected chi connectivity index (χ1v) is 7.67. The molecule has 0 aliphatic carbocycles. The lowest BCUT2D eigenvalue weighted by atomic mass is 10.1. The van der Waals surface area contributed by atoms with Crippen LogP contribution in [0.5, 0.6) is 0 Å². The van der Waals surface area contributed by atoms with Crippen molar-refractivity contribution in [2.75, 3.05) is 11.4 Å². The van der Waals surface area contributed by atoms with E-state index in [1.54, 1.807) is 6.07 Å². The molecule has 0 fully saturated rings. The van der Waals surface area contributed by atoms with E-state index in [0.29, 0.717) is 18.7 Å². The van der Waals surface area contributed by atoms with Gasteiger partial charge < -0.3 is 10.0 Å². The molecule has 118 valence electrons. The third-order valence-electron chi connectivity index (χ3n) is 3.73. The zero-order chi connectivity index (χ0) is 16.7. The normalized spacial score (nSPS) is 10.1. The molecule has 2 rings (SSSR count). The molecule has 2 aromatic rings. The highest BCUT2D eigenvalue weighted by molar-refractivity contribution is 5.67. The fourth-order valence-corrected chi connectivity index (χ4v) is 2.43. The van der Waals surface area contributed by atoms with Crippen molar-refractivity contribution in [3.05, 3.63) is 65.2 Å². The average molecular weight is 308 g/mol. The summed E-state index contributed by atoms with van der Waals surface area (Å²) < 4.78 is 0. The summed E-state index contributed by atoms with van der Waals surface area (Å²) in [6.45, 7) is 3.11. The van der Waals surface area contributed by atoms with Gasteiger partial charge in [0, 0.05) is 18.8 Å². The topological polar surface area (TPSA) is 64.3 Å². The number of aryl methyl sites for hydroxylation is 1. The molecule has 0 saturated heterocycles. The second-order valence-corrected chi connectivity index (χ2v) is 5.40. The van der Waals surface area contributed by atoms with E-state index in [1.807, 2.05) is 35.2 Å². The van der Waals surface area contributed by atoms with Gasteiger partial charge in [0.15, 0.2) is 0 Å². The van der Waals surface area contributed by atoms with Gasteiger partial charge in [-0.25, -0.2) is 0 Å². The summed E-state index contributed by atoms with van der Waals surface area (Å²) >= 11 is 0. The van der Waals surface area contributed by atoms with Crippen LogP contribution in [0.2, 0.25) is 0 Å². The highest BCUT2D eigenvalue weighted by atomic mass is 16.4. The Morgan fingerprint density at radius 2 is 1.91 bits per heavy atom. The van der Waals surface area contributed by atoms with Gasteiger partial charge in [-0.2, -0.15) is 5.26 Å². The molecular weight excluding hydrogens is 288 g/mol. The van der Waals surface area contributed by atoms with E-state index in [9.17, 15) is 4.79 Å². The Bertz CT molecular complexity index is 702. The molecule has 23 heavy (non-hydrogen) atoms. The van der Waals surface area contributed by atoms with Crippen LogP contribution >= 0.6 is 0 Å². The van der Waals surface area contributed by atoms with Crippen LogP contribution < -0.4 is 4.90 Å². The summed E-state index contributed by atoms with van der Waals surface area (Å²) in [5.41, 5.74) is 3.85. The maximum Gasteiger partial charge on any atom is 0.305 e. The molecule has 0 atom stereocenters. The molecule has 0 unspecified atom stereocenters. The van der Waals surface area contributed by atoms with E-state index in [1.165, 1.54) is 5.56 Å². The van der Waals surface area contributed by atoms with E-state index in [2.05, 4.69) is 25.1 Å². The molecule has 0 radical (unpaired) electrons. The fourth-order valence-electron chi connectivity index (χ4n) is 2.43. The summed E-state index contributed by atoms with van der Waals surface area (Å²) in [6.07, 6.45) is 1.05. The molecule has 0 spiro atoms. The molecular formula is C19H20N2O2. The van der Waals surface area contributed by atoms with Crippen molar-refractivity contribution < 1.29 is 9.90 Å². The summed E-state index contributed by atoms with van der Waals surface area (Å²) in [7, 11) is 0. The predicted octanol–water partition coefficient (Wildman–Crippen LogP) is 3.60. The minimum Gasteiger partial charge on any atom is -0.481 e. The van der Waals surface area contributed by atoms with Crippen LogP contribution in [0.25, 0.3) is 0 Å². The number of benzene rings is 2. The lowest BCUT2D eigenvalue weighted by Crippen LogP contribution is -2.25. The van der Waals surface area contributed by atoms with Crippen LogP contribution in [-0.4, -0.2) is 17.6 Å². The Morgan fingerprint density at radius 3 is 2.52 bits per heavy atom. The van der Waals surface area contributed by atoms with E-state index in [4.69, 9.17) is 10.4 Å². The Balaban J connectivity index is 2.21. The van der Waals surface area contributed by atoms with Gasteiger partial charge in [0.1, 0.15) is 0 Å². The van der Waals surface area contributed by atoms with Gasteiger partial charge >= 0.3 is 5.97 Å². The van der Waals surface area contributed by atoms with Crippen LogP contribution in [0.4, 0.5) is 5.69 Å². The number of carboxylic acid groups (broad SMARTS) is 1. The monoisotopic (exact) mass is 308 g/mol. The standard InChI is InChI=1S/C19H20N2O2/c1-2-15-6-8-18(9-7-15)21(11-10-19(22)23)14-17-5-3-4-16(12-17)13-20/h3-9,12H,2,10-11,14H2,1H3,(H,22,23). The van der Waals surface area contributed by atoms with Crippen molar-refractivity contribution in [1.82, 2.24) is 0 Å². The maximum absolute atomic E-state index is 10.9. The van der Waals surface area contributed by atoms with Gasteiger partial charge in [-0.05, 0) is 41.8 Å². The molecule has 0 aliphatic heterocycles. The fraction of sp³-hybridized carbons (Fsp3) is 0.263. The quantitative estimate of drug-likeness (QED) is 0.848. The molecule has 4 heteroatoms. The molecule has 0 amide bonds. The number of rotatable bonds is 7. The molecule has 0 aliphatic rings. The van der Waals surface area contributed by atoms with Crippen molar-refractivity contribution in [3.63, 3.8) is 0 Å². The SMILES string of the molecule is CCc1ccc(N(CCC(=O)O)Cc2cccc(C#N)c2)cc1. The van der Waals surface area contributed by atoms with E-state index in [-0.39, 0.29) is 6.42 Å². The Kier molecular flexibility index (Phi) is 5.76. The molecule has 0 saturated carbocycles. The Labute approximate surface area is 136 Å². The lowest BCUT2D eigenvalue weighted by Gasteiger charge is -2.24. The largest absolute Gasteiger partial charge is 0.481 e. The smallest absolute Gasteiger partial charge is 0.305 e. The van der Waals surface area contributed by atoms with Crippen molar-refractivity contribution in [2.45, 2.75) is 26.3 Å². The second-order valence-electron chi connectivity index (χ2n) is 5.40. The number of carbonyl (C=O) groups is 1. The summed E-state index contributed by atoms with van der Waals surface area (Å²) in [6, 6.07) is 17.7. The second kappa shape index (κ2) is 8.00. The Morgan fingerprint density at radius 1 is 1.17 bits per heavy atom. The first-order chi connectivity index (χ1) is 11.1. The molecule has 0 heterocycles. The molecule has 1 N–H and O–H groups in total. The maximum atomic E-state index is 10.9. The van der Waals surface area contributed by atoms with Gasteiger partial charge in [-0.3, -0.25) is 4.79 Å². The van der Waals surface area contributed by atoms with Crippen molar-refractivity contribution in [2.24, 2.45) is 0 Å². The van der Waals surface area contributed by atoms with Crippen molar-refractivity contribution in [3.8, 4) is 6.07 Å². The summed E-state index contributed by atoms with van der Waals surface area (Å²) in [5, 5.41) is 18.0. The van der Waals surface area contributed by atoms with E-state index in [0.717, 1.165) is 17.7 Å². The number of nitrogens with zero attached hydrogens (tertiary/aromatic N) is 2. The van der Waals surface area contributed by atoms with Gasteiger partial charge in [-0.15, -0.1) is 0 Å². The third-order valence-corrected chi connectivity index (χ3v) is 3.73. The Hall–Kier alpha value is -2.80. The molecule has 0 aromatic heterocycles. The third kappa shape index (κ3) is 4.86. The minimum atomic E-state index is -0.814. The highest BCUT2D eigenvalue weighted by Gasteiger charge is 2.10. The molecule has 2 aromatic carbocycles. The number of aliphatic carboxylic acids is 1. The number of anilines is 1. The highest BCUT2D eigenvalue weighted by Crippen LogP contribution is 2.19. The minimum absolute atomic E-state index is 0.0769. The van der Waals surface area contributed by atoms with Gasteiger partial charge in [0.2, 0.25) is 0 Å².